The summed E-state index contributed by atoms with van der Waals surface area (Å²) in [5.41, 5.74) is 7.81. The van der Waals surface area contributed by atoms with Crippen LogP contribution in [0.25, 0.3) is 0 Å². The predicted octanol–water partition coefficient (Wildman–Crippen LogP) is 2.16. The van der Waals surface area contributed by atoms with Crippen molar-refractivity contribution in [2.45, 2.75) is 13.8 Å². The third-order valence-corrected chi connectivity index (χ3v) is 2.59. The van der Waals surface area contributed by atoms with Crippen LogP contribution in [0.5, 0.6) is 0 Å². The van der Waals surface area contributed by atoms with Crippen LogP contribution in [0, 0.1) is 13.8 Å². The molecule has 0 aliphatic carbocycles. The SMILES string of the molecule is Cc1ccc(Br)c(C(N)=O)c1C. The van der Waals surface area contributed by atoms with E-state index in [1.165, 1.54) is 0 Å². The Morgan fingerprint density at radius 2 is 2.00 bits per heavy atom. The van der Waals surface area contributed by atoms with E-state index in [0.29, 0.717) is 5.56 Å². The van der Waals surface area contributed by atoms with Crippen molar-refractivity contribution >= 4 is 21.8 Å². The fraction of sp³-hybridized carbons (Fsp3) is 0.222. The summed E-state index contributed by atoms with van der Waals surface area (Å²) in [5, 5.41) is 0. The van der Waals surface area contributed by atoms with E-state index in [0.717, 1.165) is 15.6 Å². The third kappa shape index (κ3) is 1.50. The Hall–Kier alpha value is -0.830. The molecule has 0 unspecified atom stereocenters. The maximum absolute atomic E-state index is 11.0. The van der Waals surface area contributed by atoms with E-state index in [4.69, 9.17) is 5.73 Å². The van der Waals surface area contributed by atoms with Crippen molar-refractivity contribution in [1.29, 1.82) is 0 Å². The summed E-state index contributed by atoms with van der Waals surface area (Å²) in [4.78, 5) is 11.0. The molecule has 0 bridgehead atoms. The van der Waals surface area contributed by atoms with Crippen molar-refractivity contribution in [1.82, 2.24) is 0 Å². The highest BCUT2D eigenvalue weighted by molar-refractivity contribution is 9.10. The minimum atomic E-state index is -0.386. The fourth-order valence-electron chi connectivity index (χ4n) is 1.09. The van der Waals surface area contributed by atoms with Crippen LogP contribution in [0.1, 0.15) is 21.5 Å². The van der Waals surface area contributed by atoms with Crippen LogP contribution in [0.4, 0.5) is 0 Å². The maximum atomic E-state index is 11.0. The van der Waals surface area contributed by atoms with Crippen molar-refractivity contribution < 1.29 is 4.79 Å². The van der Waals surface area contributed by atoms with E-state index in [1.807, 2.05) is 26.0 Å². The van der Waals surface area contributed by atoms with Gasteiger partial charge in [0.2, 0.25) is 5.91 Å². The highest BCUT2D eigenvalue weighted by atomic mass is 79.9. The van der Waals surface area contributed by atoms with Crippen molar-refractivity contribution in [3.05, 3.63) is 33.3 Å². The van der Waals surface area contributed by atoms with Gasteiger partial charge in [-0.25, -0.2) is 0 Å². The molecule has 0 saturated carbocycles. The van der Waals surface area contributed by atoms with Gasteiger partial charge in [0.15, 0.2) is 0 Å². The van der Waals surface area contributed by atoms with Crippen molar-refractivity contribution in [3.63, 3.8) is 0 Å². The Kier molecular flexibility index (Phi) is 2.52. The lowest BCUT2D eigenvalue weighted by molar-refractivity contribution is 0.0999. The lowest BCUT2D eigenvalue weighted by Crippen LogP contribution is -2.14. The first-order valence-corrected chi connectivity index (χ1v) is 4.39. The number of carbonyl (C=O) groups excluding carboxylic acids is 1. The monoisotopic (exact) mass is 227 g/mol. The summed E-state index contributed by atoms with van der Waals surface area (Å²) in [6.07, 6.45) is 0. The van der Waals surface area contributed by atoms with Crippen molar-refractivity contribution in [3.8, 4) is 0 Å². The van der Waals surface area contributed by atoms with Crippen LogP contribution in [0.3, 0.4) is 0 Å². The number of aryl methyl sites for hydroxylation is 1. The van der Waals surface area contributed by atoms with Gasteiger partial charge in [-0.05, 0) is 47.0 Å². The zero-order valence-electron chi connectivity index (χ0n) is 7.02. The Morgan fingerprint density at radius 1 is 1.42 bits per heavy atom. The molecule has 0 radical (unpaired) electrons. The van der Waals surface area contributed by atoms with E-state index in [-0.39, 0.29) is 5.91 Å². The summed E-state index contributed by atoms with van der Waals surface area (Å²) in [6.45, 7) is 3.84. The number of hydrogen-bond acceptors (Lipinski definition) is 1. The summed E-state index contributed by atoms with van der Waals surface area (Å²) >= 11 is 3.28. The predicted molar refractivity (Wildman–Crippen MR) is 52.1 cm³/mol. The van der Waals surface area contributed by atoms with E-state index in [1.54, 1.807) is 0 Å². The first kappa shape index (κ1) is 9.26. The van der Waals surface area contributed by atoms with E-state index in [9.17, 15) is 4.79 Å². The summed E-state index contributed by atoms with van der Waals surface area (Å²) in [6, 6.07) is 3.79. The van der Waals surface area contributed by atoms with Gasteiger partial charge in [-0.3, -0.25) is 4.79 Å². The summed E-state index contributed by atoms with van der Waals surface area (Å²) in [5.74, 6) is -0.386. The average Bonchev–Trinajstić information content (AvgIpc) is 1.97. The highest BCUT2D eigenvalue weighted by Gasteiger charge is 2.10. The number of carbonyl (C=O) groups is 1. The van der Waals surface area contributed by atoms with Gasteiger partial charge in [0, 0.05) is 4.47 Å². The van der Waals surface area contributed by atoms with Gasteiger partial charge >= 0.3 is 0 Å². The maximum Gasteiger partial charge on any atom is 0.250 e. The molecule has 64 valence electrons. The van der Waals surface area contributed by atoms with Crippen LogP contribution >= 0.6 is 15.9 Å². The molecule has 12 heavy (non-hydrogen) atoms. The standard InChI is InChI=1S/C9H10BrNO/c1-5-3-4-7(10)8(6(5)2)9(11)12/h3-4H,1-2H3,(H2,11,12). The number of amides is 1. The van der Waals surface area contributed by atoms with Crippen LogP contribution in [0.15, 0.2) is 16.6 Å². The largest absolute Gasteiger partial charge is 0.366 e. The molecule has 1 amide bonds. The Balaban J connectivity index is 3.43. The second-order valence-corrected chi connectivity index (χ2v) is 3.58. The molecular weight excluding hydrogens is 218 g/mol. The molecule has 0 aliphatic rings. The van der Waals surface area contributed by atoms with Gasteiger partial charge in [0.1, 0.15) is 0 Å². The minimum absolute atomic E-state index is 0.386. The number of hydrogen-bond donors (Lipinski definition) is 1. The molecule has 0 fully saturated rings. The molecular formula is C9H10BrNO. The first-order valence-electron chi connectivity index (χ1n) is 3.59. The van der Waals surface area contributed by atoms with Crippen molar-refractivity contribution in [2.75, 3.05) is 0 Å². The van der Waals surface area contributed by atoms with Gasteiger partial charge in [-0.1, -0.05) is 6.07 Å². The molecule has 0 heterocycles. The molecule has 0 spiro atoms. The number of benzene rings is 1. The van der Waals surface area contributed by atoms with Crippen LogP contribution in [-0.2, 0) is 0 Å². The smallest absolute Gasteiger partial charge is 0.250 e. The second-order valence-electron chi connectivity index (χ2n) is 2.73. The molecule has 1 aromatic rings. The number of halogens is 1. The molecule has 1 rings (SSSR count). The van der Waals surface area contributed by atoms with Crippen LogP contribution < -0.4 is 5.73 Å². The normalized spacial score (nSPS) is 9.92. The van der Waals surface area contributed by atoms with Gasteiger partial charge < -0.3 is 5.73 Å². The molecule has 0 aromatic heterocycles. The van der Waals surface area contributed by atoms with Gasteiger partial charge in [-0.15, -0.1) is 0 Å². The average molecular weight is 228 g/mol. The molecule has 0 atom stereocenters. The second kappa shape index (κ2) is 3.27. The van der Waals surface area contributed by atoms with E-state index < -0.39 is 0 Å². The highest BCUT2D eigenvalue weighted by Crippen LogP contribution is 2.22. The number of primary amides is 1. The first-order chi connectivity index (χ1) is 5.54. The lowest BCUT2D eigenvalue weighted by Gasteiger charge is -2.06. The zero-order chi connectivity index (χ0) is 9.30. The molecule has 0 saturated heterocycles. The molecule has 3 heteroatoms. The Labute approximate surface area is 79.9 Å². The molecule has 1 aromatic carbocycles. The molecule has 2 N–H and O–H groups in total. The number of rotatable bonds is 1. The minimum Gasteiger partial charge on any atom is -0.366 e. The number of nitrogens with two attached hydrogens (primary N) is 1. The molecule has 2 nitrogen and oxygen atoms in total. The third-order valence-electron chi connectivity index (χ3n) is 1.93. The van der Waals surface area contributed by atoms with Gasteiger partial charge in [-0.2, -0.15) is 0 Å². The quantitative estimate of drug-likeness (QED) is 0.786. The van der Waals surface area contributed by atoms with Crippen molar-refractivity contribution in [2.24, 2.45) is 5.73 Å². The Bertz CT molecular complexity index is 334. The summed E-state index contributed by atoms with van der Waals surface area (Å²) < 4.78 is 0.762. The Morgan fingerprint density at radius 3 is 2.42 bits per heavy atom. The fourth-order valence-corrected chi connectivity index (χ4v) is 1.71. The van der Waals surface area contributed by atoms with Crippen LogP contribution in [0.2, 0.25) is 0 Å². The van der Waals surface area contributed by atoms with Crippen LogP contribution in [-0.4, -0.2) is 5.91 Å². The zero-order valence-corrected chi connectivity index (χ0v) is 8.60. The van der Waals surface area contributed by atoms with E-state index in [2.05, 4.69) is 15.9 Å². The summed E-state index contributed by atoms with van der Waals surface area (Å²) in [7, 11) is 0. The lowest BCUT2D eigenvalue weighted by atomic mass is 10.0. The van der Waals surface area contributed by atoms with Gasteiger partial charge in [0.25, 0.3) is 0 Å². The van der Waals surface area contributed by atoms with E-state index >= 15 is 0 Å². The molecule has 0 aliphatic heterocycles. The van der Waals surface area contributed by atoms with Gasteiger partial charge in [0.05, 0.1) is 5.56 Å². The topological polar surface area (TPSA) is 43.1 Å².